The van der Waals surface area contributed by atoms with Gasteiger partial charge in [-0.1, -0.05) is 4.68 Å². The van der Waals surface area contributed by atoms with Crippen LogP contribution in [0, 0.1) is 11.3 Å². The molecule has 0 saturated heterocycles. The van der Waals surface area contributed by atoms with Crippen molar-refractivity contribution in [3.05, 3.63) is 26.4 Å². The zero-order valence-corrected chi connectivity index (χ0v) is 16.5. The van der Waals surface area contributed by atoms with Crippen LogP contribution < -0.4 is 15.6 Å². The summed E-state index contributed by atoms with van der Waals surface area (Å²) in [4.78, 5) is 38.0. The normalized spacial score (nSPS) is 13.1. The Balaban J connectivity index is 1.64. The number of H-pyrrole nitrogens is 1. The summed E-state index contributed by atoms with van der Waals surface area (Å²) in [6.07, 6.45) is 0.794. The topological polar surface area (TPSA) is 123 Å². The number of hydrogen-bond acceptors (Lipinski definition) is 7. The van der Waals surface area contributed by atoms with E-state index >= 15 is 0 Å². The van der Waals surface area contributed by atoms with Crippen molar-refractivity contribution in [3.8, 4) is 6.07 Å². The number of amides is 2. The molecule has 0 saturated carbocycles. The first-order valence-electron chi connectivity index (χ1n) is 8.21. The zero-order valence-electron chi connectivity index (χ0n) is 14.8. The van der Waals surface area contributed by atoms with Gasteiger partial charge in [-0.3, -0.25) is 14.1 Å². The van der Waals surface area contributed by atoms with E-state index in [0.717, 1.165) is 10.4 Å². The minimum Gasteiger partial charge on any atom is -0.337 e. The molecule has 2 amide bonds. The Labute approximate surface area is 162 Å². The predicted octanol–water partition coefficient (Wildman–Crippen LogP) is 0.751. The molecule has 2 aromatic heterocycles. The van der Waals surface area contributed by atoms with E-state index in [1.165, 1.54) is 34.7 Å². The van der Waals surface area contributed by atoms with Crippen LogP contribution in [0.5, 0.6) is 0 Å². The second kappa shape index (κ2) is 7.98. The predicted molar refractivity (Wildman–Crippen MR) is 98.3 cm³/mol. The van der Waals surface area contributed by atoms with Crippen molar-refractivity contribution in [2.75, 3.05) is 17.6 Å². The lowest BCUT2D eigenvalue weighted by molar-refractivity contribution is -0.772. The molecule has 3 rings (SSSR count). The minimum absolute atomic E-state index is 0.00225. The Bertz CT molecular complexity index is 984. The summed E-state index contributed by atoms with van der Waals surface area (Å²) < 4.78 is 6.10. The van der Waals surface area contributed by atoms with Crippen molar-refractivity contribution in [2.45, 2.75) is 31.3 Å². The first-order chi connectivity index (χ1) is 12.9. The quantitative estimate of drug-likeness (QED) is 0.556. The molecule has 11 heteroatoms. The smallest absolute Gasteiger partial charge is 0.337 e. The number of carbonyl (C=O) groups excluding carboxylic acids is 2. The molecule has 9 nitrogen and oxygen atoms in total. The Hall–Kier alpha value is -2.58. The molecule has 1 aliphatic rings. The van der Waals surface area contributed by atoms with Crippen LogP contribution in [0.3, 0.4) is 0 Å². The molecule has 0 aromatic carbocycles. The highest BCUT2D eigenvalue weighted by atomic mass is 32.2. The number of rotatable bonds is 5. The second-order valence-electron chi connectivity index (χ2n) is 6.00. The molecule has 0 fully saturated rings. The summed E-state index contributed by atoms with van der Waals surface area (Å²) in [5.74, 6) is 0.161. The van der Waals surface area contributed by atoms with Gasteiger partial charge in [0.05, 0.1) is 12.1 Å². The van der Waals surface area contributed by atoms with E-state index in [1.807, 2.05) is 0 Å². The highest BCUT2D eigenvalue weighted by Gasteiger charge is 2.26. The van der Waals surface area contributed by atoms with Crippen molar-refractivity contribution in [2.24, 2.45) is 7.05 Å². The number of nitrogens with zero attached hydrogens (tertiary/aromatic N) is 3. The van der Waals surface area contributed by atoms with Gasteiger partial charge >= 0.3 is 10.7 Å². The summed E-state index contributed by atoms with van der Waals surface area (Å²) in [5.41, 5.74) is 0.925. The van der Waals surface area contributed by atoms with Gasteiger partial charge in [-0.2, -0.15) is 5.26 Å². The van der Waals surface area contributed by atoms with Crippen molar-refractivity contribution in [1.82, 2.24) is 10.2 Å². The third kappa shape index (κ3) is 4.06. The number of aryl methyl sites for hydroxylation is 1. The lowest BCUT2D eigenvalue weighted by Gasteiger charge is -2.25. The maximum absolute atomic E-state index is 12.3. The molecule has 3 heterocycles. The van der Waals surface area contributed by atoms with Gasteiger partial charge in [-0.25, -0.2) is 4.79 Å². The van der Waals surface area contributed by atoms with E-state index in [2.05, 4.69) is 21.2 Å². The summed E-state index contributed by atoms with van der Waals surface area (Å²) in [7, 11) is 1.65. The maximum Gasteiger partial charge on any atom is 0.441 e. The molecule has 0 atom stereocenters. The van der Waals surface area contributed by atoms with Gasteiger partial charge in [-0.15, -0.1) is 11.3 Å². The molecule has 0 spiro atoms. The van der Waals surface area contributed by atoms with Gasteiger partial charge in [0.15, 0.2) is 7.05 Å². The summed E-state index contributed by atoms with van der Waals surface area (Å²) in [5, 5.41) is 15.6. The molecule has 0 bridgehead atoms. The van der Waals surface area contributed by atoms with E-state index in [4.69, 9.17) is 0 Å². The molecule has 1 aliphatic heterocycles. The van der Waals surface area contributed by atoms with Crippen LogP contribution in [0.4, 0.5) is 5.00 Å². The van der Waals surface area contributed by atoms with Gasteiger partial charge in [0.1, 0.15) is 11.1 Å². The molecule has 0 aliphatic carbocycles. The fourth-order valence-electron chi connectivity index (χ4n) is 2.80. The summed E-state index contributed by atoms with van der Waals surface area (Å²) >= 11 is 2.56. The maximum atomic E-state index is 12.3. The number of nitrogens with one attached hydrogen (secondary N) is 2. The van der Waals surface area contributed by atoms with Gasteiger partial charge in [0.2, 0.25) is 11.8 Å². The largest absolute Gasteiger partial charge is 0.441 e. The van der Waals surface area contributed by atoms with Gasteiger partial charge in [0, 0.05) is 30.5 Å². The van der Waals surface area contributed by atoms with E-state index in [9.17, 15) is 19.6 Å². The Kier molecular flexibility index (Phi) is 5.67. The van der Waals surface area contributed by atoms with Crippen LogP contribution in [0.25, 0.3) is 0 Å². The third-order valence-electron chi connectivity index (χ3n) is 4.19. The van der Waals surface area contributed by atoms with Gasteiger partial charge < -0.3 is 10.2 Å². The Morgan fingerprint density at radius 1 is 1.52 bits per heavy atom. The zero-order chi connectivity index (χ0) is 19.6. The average molecular weight is 408 g/mol. The molecular weight excluding hydrogens is 390 g/mol. The molecular formula is C16H18N5O4S2+. The van der Waals surface area contributed by atoms with Crippen molar-refractivity contribution < 1.29 is 18.8 Å². The number of hydrogen-bond donors (Lipinski definition) is 2. The summed E-state index contributed by atoms with van der Waals surface area (Å²) in [6.45, 7) is 2.57. The molecule has 142 valence electrons. The lowest BCUT2D eigenvalue weighted by atomic mass is 10.0. The van der Waals surface area contributed by atoms with E-state index in [1.54, 1.807) is 11.9 Å². The fraction of sp³-hybridized carbons (Fsp3) is 0.438. The monoisotopic (exact) mass is 408 g/mol. The molecule has 0 radical (unpaired) electrons. The number of nitriles is 1. The SMILES string of the molecule is CC(=O)N1CCc2c(sc(NC(=O)CCSc3c(=O)o[nH][n+]3C)c2C#N)C1. The number of carbonyl (C=O) groups is 2. The number of thiophene rings is 1. The number of thioether (sulfide) groups is 1. The third-order valence-corrected chi connectivity index (χ3v) is 6.44. The first-order valence-corrected chi connectivity index (χ1v) is 10.0. The molecule has 2 aromatic rings. The highest BCUT2D eigenvalue weighted by Crippen LogP contribution is 2.36. The van der Waals surface area contributed by atoms with Crippen molar-refractivity contribution in [3.63, 3.8) is 0 Å². The lowest BCUT2D eigenvalue weighted by Crippen LogP contribution is -2.33. The van der Waals surface area contributed by atoms with Crippen molar-refractivity contribution >= 4 is 39.9 Å². The Morgan fingerprint density at radius 2 is 2.30 bits per heavy atom. The van der Waals surface area contributed by atoms with E-state index < -0.39 is 5.63 Å². The number of fused-ring (bicyclic) bond motifs is 1. The van der Waals surface area contributed by atoms with Crippen LogP contribution in [0.2, 0.25) is 0 Å². The van der Waals surface area contributed by atoms with Crippen LogP contribution >= 0.6 is 23.1 Å². The first kappa shape index (κ1) is 19.2. The average Bonchev–Trinajstić information content (AvgIpc) is 3.14. The van der Waals surface area contributed by atoms with Gasteiger partial charge in [0.25, 0.3) is 0 Å². The van der Waals surface area contributed by atoms with Crippen LogP contribution in [0.1, 0.15) is 29.3 Å². The highest BCUT2D eigenvalue weighted by molar-refractivity contribution is 7.99. The molecule has 0 unspecified atom stereocenters. The number of anilines is 1. The second-order valence-corrected chi connectivity index (χ2v) is 8.19. The Morgan fingerprint density at radius 3 is 2.93 bits per heavy atom. The minimum atomic E-state index is -0.476. The van der Waals surface area contributed by atoms with Crippen LogP contribution in [0.15, 0.2) is 14.3 Å². The standard InChI is InChI=1S/C16H17N5O4S2/c1-9(22)21-5-3-10-11(7-17)14(27-12(10)8-21)18-13(23)4-6-26-15-16(24)25-19-20(15)2/h3-6,8H2,1-2H3,(H-,18,19,23,24)/p+1. The van der Waals surface area contributed by atoms with E-state index in [0.29, 0.717) is 40.9 Å². The molecule has 2 N–H and O–H groups in total. The van der Waals surface area contributed by atoms with E-state index in [-0.39, 0.29) is 18.2 Å². The number of aromatic amines is 1. The van der Waals surface area contributed by atoms with Crippen molar-refractivity contribution in [1.29, 1.82) is 5.26 Å². The molecule has 27 heavy (non-hydrogen) atoms. The van der Waals surface area contributed by atoms with Crippen LogP contribution in [-0.2, 0) is 29.6 Å². The van der Waals surface area contributed by atoms with Crippen LogP contribution in [-0.4, -0.2) is 34.3 Å². The van der Waals surface area contributed by atoms with Gasteiger partial charge in [-0.05, 0) is 29.0 Å². The number of aromatic nitrogens is 2. The fourth-order valence-corrected chi connectivity index (χ4v) is 4.90. The summed E-state index contributed by atoms with van der Waals surface area (Å²) in [6, 6.07) is 2.17.